The fourth-order valence-electron chi connectivity index (χ4n) is 5.41. The number of halogens is 1. The Morgan fingerprint density at radius 1 is 0.588 bits per heavy atom. The van der Waals surface area contributed by atoms with E-state index in [4.69, 9.17) is 0 Å². The largest absolute Gasteiger partial charge is 0.336 e. The van der Waals surface area contributed by atoms with Crippen molar-refractivity contribution in [1.82, 2.24) is 9.80 Å². The van der Waals surface area contributed by atoms with E-state index in [1.54, 1.807) is 0 Å². The average Bonchev–Trinajstić information content (AvgIpc) is 3.23. The van der Waals surface area contributed by atoms with Crippen molar-refractivity contribution in [2.75, 3.05) is 26.2 Å². The van der Waals surface area contributed by atoms with Crippen LogP contribution in [0, 0.1) is 0 Å². The monoisotopic (exact) mass is 466 g/mol. The van der Waals surface area contributed by atoms with E-state index in [9.17, 15) is 4.79 Å². The number of carbonyl (C=O) groups excluding carboxylic acids is 1. The zero-order valence-electron chi connectivity index (χ0n) is 18.9. The molecule has 0 spiro atoms. The number of nitrogens with zero attached hydrogens (tertiary/aromatic N) is 2. The molecule has 1 amide bonds. The van der Waals surface area contributed by atoms with E-state index in [1.807, 2.05) is 47.4 Å². The highest BCUT2D eigenvalue weighted by atomic mass is 35.5. The Morgan fingerprint density at radius 3 is 1.71 bits per heavy atom. The van der Waals surface area contributed by atoms with Gasteiger partial charge in [-0.25, -0.2) is 0 Å². The van der Waals surface area contributed by atoms with Crippen LogP contribution in [0.1, 0.15) is 27.5 Å². The molecule has 0 saturated carbocycles. The summed E-state index contributed by atoms with van der Waals surface area (Å²) in [4.78, 5) is 18.1. The SMILES string of the molecule is Cl.O=C(c1ccccc1-c1ccccc1)N1CCN(C2c3ccccc3-c3ccccc32)CC1. The molecule has 4 aromatic rings. The molecule has 0 aromatic heterocycles. The van der Waals surface area contributed by atoms with Crippen molar-refractivity contribution in [3.8, 4) is 22.3 Å². The Hall–Kier alpha value is -3.40. The molecule has 2 aliphatic rings. The van der Waals surface area contributed by atoms with E-state index in [2.05, 4.69) is 65.6 Å². The van der Waals surface area contributed by atoms with E-state index in [-0.39, 0.29) is 24.4 Å². The van der Waals surface area contributed by atoms with Crippen LogP contribution >= 0.6 is 12.4 Å². The molecule has 0 N–H and O–H groups in total. The van der Waals surface area contributed by atoms with Crippen molar-refractivity contribution in [2.24, 2.45) is 0 Å². The molecule has 6 rings (SSSR count). The lowest BCUT2D eigenvalue weighted by Crippen LogP contribution is -2.49. The van der Waals surface area contributed by atoms with Crippen molar-refractivity contribution < 1.29 is 4.79 Å². The summed E-state index contributed by atoms with van der Waals surface area (Å²) in [7, 11) is 0. The maximum absolute atomic E-state index is 13.5. The Labute approximate surface area is 207 Å². The molecule has 1 saturated heterocycles. The molecule has 34 heavy (non-hydrogen) atoms. The minimum Gasteiger partial charge on any atom is -0.336 e. The van der Waals surface area contributed by atoms with Crippen molar-refractivity contribution in [3.63, 3.8) is 0 Å². The Balaban J connectivity index is 0.00000241. The fourth-order valence-corrected chi connectivity index (χ4v) is 5.41. The molecule has 4 heteroatoms. The van der Waals surface area contributed by atoms with Crippen molar-refractivity contribution in [1.29, 1.82) is 0 Å². The van der Waals surface area contributed by atoms with Gasteiger partial charge in [0, 0.05) is 31.7 Å². The number of hydrogen-bond donors (Lipinski definition) is 0. The first-order valence-electron chi connectivity index (χ1n) is 11.7. The summed E-state index contributed by atoms with van der Waals surface area (Å²) in [6.07, 6.45) is 0. The van der Waals surface area contributed by atoms with Crippen LogP contribution in [-0.4, -0.2) is 41.9 Å². The molecule has 4 aromatic carbocycles. The molecule has 0 unspecified atom stereocenters. The van der Waals surface area contributed by atoms with Gasteiger partial charge in [0.05, 0.1) is 6.04 Å². The van der Waals surface area contributed by atoms with Crippen LogP contribution in [0.25, 0.3) is 22.3 Å². The summed E-state index contributed by atoms with van der Waals surface area (Å²) in [5.41, 5.74) is 8.32. The molecule has 1 aliphatic carbocycles. The summed E-state index contributed by atoms with van der Waals surface area (Å²) in [6, 6.07) is 35.9. The minimum absolute atomic E-state index is 0. The summed E-state index contributed by atoms with van der Waals surface area (Å²) < 4.78 is 0. The highest BCUT2D eigenvalue weighted by molar-refractivity contribution is 6.01. The second kappa shape index (κ2) is 9.46. The average molecular weight is 467 g/mol. The van der Waals surface area contributed by atoms with Gasteiger partial charge in [0.2, 0.25) is 0 Å². The van der Waals surface area contributed by atoms with Crippen LogP contribution in [0.5, 0.6) is 0 Å². The molecule has 0 bridgehead atoms. The maximum Gasteiger partial charge on any atom is 0.254 e. The van der Waals surface area contributed by atoms with Gasteiger partial charge >= 0.3 is 0 Å². The lowest BCUT2D eigenvalue weighted by Gasteiger charge is -2.39. The van der Waals surface area contributed by atoms with Gasteiger partial charge in [-0.05, 0) is 39.4 Å². The second-order valence-corrected chi connectivity index (χ2v) is 8.82. The van der Waals surface area contributed by atoms with Crippen LogP contribution < -0.4 is 0 Å². The third-order valence-electron chi connectivity index (χ3n) is 7.01. The summed E-state index contributed by atoms with van der Waals surface area (Å²) in [5.74, 6) is 0.126. The number of hydrogen-bond acceptors (Lipinski definition) is 2. The van der Waals surface area contributed by atoms with Gasteiger partial charge in [-0.3, -0.25) is 9.69 Å². The van der Waals surface area contributed by atoms with Crippen molar-refractivity contribution in [2.45, 2.75) is 6.04 Å². The predicted octanol–water partition coefficient (Wildman–Crippen LogP) is 6.30. The predicted molar refractivity (Wildman–Crippen MR) is 140 cm³/mol. The summed E-state index contributed by atoms with van der Waals surface area (Å²) in [5, 5.41) is 0. The smallest absolute Gasteiger partial charge is 0.254 e. The lowest BCUT2D eigenvalue weighted by atomic mass is 9.98. The third kappa shape index (κ3) is 3.81. The highest BCUT2D eigenvalue weighted by Crippen LogP contribution is 2.46. The number of carbonyl (C=O) groups is 1. The van der Waals surface area contributed by atoms with Gasteiger partial charge in [-0.15, -0.1) is 12.4 Å². The van der Waals surface area contributed by atoms with E-state index in [1.165, 1.54) is 22.3 Å². The van der Waals surface area contributed by atoms with Crippen LogP contribution in [0.4, 0.5) is 0 Å². The topological polar surface area (TPSA) is 23.6 Å². The number of benzene rings is 4. The number of amides is 1. The fraction of sp³-hybridized carbons (Fsp3) is 0.167. The van der Waals surface area contributed by atoms with Gasteiger partial charge in [-0.1, -0.05) is 97.1 Å². The Morgan fingerprint density at radius 2 is 1.09 bits per heavy atom. The molecule has 0 atom stereocenters. The van der Waals surface area contributed by atoms with Crippen LogP contribution in [0.2, 0.25) is 0 Å². The van der Waals surface area contributed by atoms with Crippen LogP contribution in [-0.2, 0) is 0 Å². The van der Waals surface area contributed by atoms with Gasteiger partial charge < -0.3 is 4.90 Å². The number of fused-ring (bicyclic) bond motifs is 3. The van der Waals surface area contributed by atoms with E-state index in [0.717, 1.165) is 42.9 Å². The second-order valence-electron chi connectivity index (χ2n) is 8.82. The minimum atomic E-state index is 0. The Bertz CT molecular complexity index is 1270. The van der Waals surface area contributed by atoms with Crippen molar-refractivity contribution >= 4 is 18.3 Å². The molecular weight excluding hydrogens is 440 g/mol. The van der Waals surface area contributed by atoms with Gasteiger partial charge in [0.25, 0.3) is 5.91 Å². The van der Waals surface area contributed by atoms with Crippen molar-refractivity contribution in [3.05, 3.63) is 120 Å². The summed E-state index contributed by atoms with van der Waals surface area (Å²) in [6.45, 7) is 3.21. The molecule has 1 heterocycles. The summed E-state index contributed by atoms with van der Waals surface area (Å²) >= 11 is 0. The normalized spacial score (nSPS) is 15.4. The van der Waals surface area contributed by atoms with Gasteiger partial charge in [0.1, 0.15) is 0 Å². The van der Waals surface area contributed by atoms with E-state index >= 15 is 0 Å². The van der Waals surface area contributed by atoms with E-state index < -0.39 is 0 Å². The maximum atomic E-state index is 13.5. The lowest BCUT2D eigenvalue weighted by molar-refractivity contribution is 0.0600. The van der Waals surface area contributed by atoms with Gasteiger partial charge in [-0.2, -0.15) is 0 Å². The molecule has 0 radical (unpaired) electrons. The molecule has 3 nitrogen and oxygen atoms in total. The quantitative estimate of drug-likeness (QED) is 0.353. The molecule has 170 valence electrons. The third-order valence-corrected chi connectivity index (χ3v) is 7.01. The molecule has 1 aliphatic heterocycles. The zero-order valence-corrected chi connectivity index (χ0v) is 19.7. The molecular formula is C30H27ClN2O. The first kappa shape index (κ1) is 22.4. The molecule has 1 fully saturated rings. The van der Waals surface area contributed by atoms with Crippen LogP contribution in [0.3, 0.4) is 0 Å². The first-order valence-corrected chi connectivity index (χ1v) is 11.7. The van der Waals surface area contributed by atoms with Crippen LogP contribution in [0.15, 0.2) is 103 Å². The first-order chi connectivity index (χ1) is 16.3. The van der Waals surface area contributed by atoms with E-state index in [0.29, 0.717) is 0 Å². The highest BCUT2D eigenvalue weighted by Gasteiger charge is 2.35. The standard InChI is InChI=1S/C30H26N2O.ClH/c33-30(28-17-9-4-12-23(28)22-10-2-1-3-11-22)32-20-18-31(19-21-32)29-26-15-7-5-13-24(26)25-14-6-8-16-27(25)29;/h1-17,29H,18-21H2;1H. The number of rotatable bonds is 3. The zero-order chi connectivity index (χ0) is 22.2. The number of piperazine rings is 1. The van der Waals surface area contributed by atoms with Gasteiger partial charge in [0.15, 0.2) is 0 Å². The Kier molecular flexibility index (Phi) is 6.23.